The molecule has 0 bridgehead atoms. The summed E-state index contributed by atoms with van der Waals surface area (Å²) in [5.41, 5.74) is 0.630. The second-order valence-corrected chi connectivity index (χ2v) is 2.91. The first kappa shape index (κ1) is 15.1. The van der Waals surface area contributed by atoms with Crippen LogP contribution in [0, 0.1) is 11.3 Å². The van der Waals surface area contributed by atoms with Crippen molar-refractivity contribution < 1.29 is 64.3 Å². The molecule has 1 rings (SSSR count). The Kier molecular flexibility index (Phi) is 6.72. The van der Waals surface area contributed by atoms with E-state index >= 15 is 0 Å². The first-order valence-corrected chi connectivity index (χ1v) is 4.03. The second kappa shape index (κ2) is 6.66. The van der Waals surface area contributed by atoms with Crippen molar-refractivity contribution in [3.8, 4) is 6.07 Å². The molecule has 1 aromatic heterocycles. The van der Waals surface area contributed by atoms with E-state index in [9.17, 15) is 12.9 Å². The Morgan fingerprint density at radius 1 is 1.33 bits per heavy atom. The molecule has 0 amide bonds. The summed E-state index contributed by atoms with van der Waals surface area (Å²) in [6.07, 6.45) is 0.512. The van der Waals surface area contributed by atoms with Crippen LogP contribution in [0.1, 0.15) is 11.3 Å². The maximum Gasteiger partial charge on any atom is 1.00 e. The van der Waals surface area contributed by atoms with Crippen molar-refractivity contribution in [2.45, 2.75) is 12.7 Å². The van der Waals surface area contributed by atoms with E-state index in [1.165, 1.54) is 18.3 Å². The van der Waals surface area contributed by atoms with Gasteiger partial charge in [0.05, 0.1) is 12.5 Å². The van der Waals surface area contributed by atoms with Gasteiger partial charge >= 0.3 is 58.4 Å². The third-order valence-electron chi connectivity index (χ3n) is 1.61. The monoisotopic (exact) mass is 238 g/mol. The SMILES string of the molecule is N#CCc1ccc(C[B-](F)(F)F)nc1.[K+]. The predicted octanol–water partition coefficient (Wildman–Crippen LogP) is -0.919. The van der Waals surface area contributed by atoms with Crippen LogP contribution in [0.5, 0.6) is 0 Å². The Balaban J connectivity index is 0.00000196. The van der Waals surface area contributed by atoms with Gasteiger partial charge in [0.1, 0.15) is 0 Å². The van der Waals surface area contributed by atoms with E-state index in [1.807, 2.05) is 6.07 Å². The van der Waals surface area contributed by atoms with Gasteiger partial charge in [0.15, 0.2) is 0 Å². The van der Waals surface area contributed by atoms with Gasteiger partial charge in [0, 0.05) is 11.9 Å². The Morgan fingerprint density at radius 3 is 2.40 bits per heavy atom. The van der Waals surface area contributed by atoms with Crippen LogP contribution in [-0.4, -0.2) is 12.0 Å². The third kappa shape index (κ3) is 6.33. The van der Waals surface area contributed by atoms with Gasteiger partial charge in [-0.05, 0) is 17.9 Å². The summed E-state index contributed by atoms with van der Waals surface area (Å²) < 4.78 is 35.9. The fourth-order valence-corrected chi connectivity index (χ4v) is 1.01. The zero-order valence-electron chi connectivity index (χ0n) is 8.25. The molecule has 2 nitrogen and oxygen atoms in total. The molecule has 1 heterocycles. The van der Waals surface area contributed by atoms with E-state index in [2.05, 4.69) is 4.98 Å². The zero-order valence-corrected chi connectivity index (χ0v) is 11.4. The Labute approximate surface area is 128 Å². The number of hydrogen-bond donors (Lipinski definition) is 0. The van der Waals surface area contributed by atoms with E-state index in [0.29, 0.717) is 5.56 Å². The molecule has 0 aromatic carbocycles. The minimum atomic E-state index is -4.83. The molecule has 74 valence electrons. The van der Waals surface area contributed by atoms with Crippen molar-refractivity contribution in [2.24, 2.45) is 0 Å². The summed E-state index contributed by atoms with van der Waals surface area (Å²) in [6, 6.07) is 4.69. The molecule has 15 heavy (non-hydrogen) atoms. The third-order valence-corrected chi connectivity index (χ3v) is 1.61. The molecular weight excluding hydrogens is 231 g/mol. The van der Waals surface area contributed by atoms with Gasteiger partial charge < -0.3 is 12.9 Å². The zero-order chi connectivity index (χ0) is 10.6. The smallest absolute Gasteiger partial charge is 0.449 e. The van der Waals surface area contributed by atoms with Gasteiger partial charge in [-0.3, -0.25) is 4.98 Å². The normalized spacial score (nSPS) is 10.3. The summed E-state index contributed by atoms with van der Waals surface area (Å²) in [5.74, 6) is 0. The van der Waals surface area contributed by atoms with Gasteiger partial charge in [-0.15, -0.1) is 0 Å². The van der Waals surface area contributed by atoms with E-state index in [-0.39, 0.29) is 63.5 Å². The number of pyridine rings is 1. The fourth-order valence-electron chi connectivity index (χ4n) is 1.01. The van der Waals surface area contributed by atoms with Crippen LogP contribution in [0.25, 0.3) is 0 Å². The molecule has 0 aliphatic carbocycles. The number of hydrogen-bond acceptors (Lipinski definition) is 2. The van der Waals surface area contributed by atoms with Gasteiger partial charge in [-0.2, -0.15) is 5.26 Å². The summed E-state index contributed by atoms with van der Waals surface area (Å²) in [7, 11) is 0. The van der Waals surface area contributed by atoms with Crippen molar-refractivity contribution in [3.05, 3.63) is 29.6 Å². The van der Waals surface area contributed by atoms with Crippen LogP contribution in [0.2, 0.25) is 0 Å². The van der Waals surface area contributed by atoms with Crippen molar-refractivity contribution in [1.29, 1.82) is 5.26 Å². The average molecular weight is 238 g/mol. The standard InChI is InChI=1S/C8H7BF3N2.K/c10-9(11,12)5-8-2-1-7(3-4-13)6-14-8;/h1-2,6H,3,5H2;/q-1;+1. The molecule has 0 saturated heterocycles. The van der Waals surface area contributed by atoms with E-state index < -0.39 is 13.3 Å². The molecule has 0 unspecified atom stereocenters. The summed E-state index contributed by atoms with van der Waals surface area (Å²) in [5, 5.41) is 8.32. The number of nitriles is 1. The molecule has 0 saturated carbocycles. The van der Waals surface area contributed by atoms with Gasteiger partial charge in [0.25, 0.3) is 0 Å². The molecular formula is C8H7BF3KN2. The van der Waals surface area contributed by atoms with Gasteiger partial charge in [-0.1, -0.05) is 6.07 Å². The van der Waals surface area contributed by atoms with Crippen LogP contribution >= 0.6 is 0 Å². The van der Waals surface area contributed by atoms with Crippen LogP contribution in [0.3, 0.4) is 0 Å². The van der Waals surface area contributed by atoms with E-state index in [1.54, 1.807) is 0 Å². The Hall–Kier alpha value is 0.131. The van der Waals surface area contributed by atoms with Crippen LogP contribution in [0.15, 0.2) is 18.3 Å². The maximum atomic E-state index is 12.0. The molecule has 0 radical (unpaired) electrons. The minimum Gasteiger partial charge on any atom is -0.449 e. The number of halogens is 3. The van der Waals surface area contributed by atoms with Gasteiger partial charge in [-0.25, -0.2) is 0 Å². The first-order chi connectivity index (χ1) is 6.51. The molecule has 0 atom stereocenters. The largest absolute Gasteiger partial charge is 1.00 e. The number of aromatic nitrogens is 1. The van der Waals surface area contributed by atoms with Crippen molar-refractivity contribution in [2.75, 3.05) is 0 Å². The second-order valence-electron chi connectivity index (χ2n) is 2.91. The quantitative estimate of drug-likeness (QED) is 0.638. The van der Waals surface area contributed by atoms with Gasteiger partial charge in [0.2, 0.25) is 0 Å². The van der Waals surface area contributed by atoms with Crippen LogP contribution < -0.4 is 51.4 Å². The van der Waals surface area contributed by atoms with Crippen LogP contribution in [0.4, 0.5) is 12.9 Å². The van der Waals surface area contributed by atoms with Crippen molar-refractivity contribution in [3.63, 3.8) is 0 Å². The minimum absolute atomic E-state index is 0. The number of nitrogens with zero attached hydrogens (tertiary/aromatic N) is 2. The van der Waals surface area contributed by atoms with Crippen molar-refractivity contribution in [1.82, 2.24) is 4.98 Å². The molecule has 0 N–H and O–H groups in total. The Bertz CT molecular complexity index is 344. The summed E-state index contributed by atoms with van der Waals surface area (Å²) >= 11 is 0. The predicted molar refractivity (Wildman–Crippen MR) is 46.3 cm³/mol. The molecule has 0 aliphatic rings. The molecule has 0 fully saturated rings. The Morgan fingerprint density at radius 2 is 2.00 bits per heavy atom. The molecule has 0 spiro atoms. The summed E-state index contributed by atoms with van der Waals surface area (Å²) in [4.78, 5) is 3.63. The topological polar surface area (TPSA) is 36.7 Å². The molecule has 0 aliphatic heterocycles. The fraction of sp³-hybridized carbons (Fsp3) is 0.250. The summed E-state index contributed by atoms with van der Waals surface area (Å²) in [6.45, 7) is -4.83. The number of rotatable bonds is 3. The first-order valence-electron chi connectivity index (χ1n) is 4.03. The van der Waals surface area contributed by atoms with E-state index in [4.69, 9.17) is 5.26 Å². The van der Waals surface area contributed by atoms with Crippen LogP contribution in [-0.2, 0) is 12.7 Å². The van der Waals surface area contributed by atoms with E-state index in [0.717, 1.165) is 0 Å². The maximum absolute atomic E-state index is 12.0. The molecule has 7 heteroatoms. The average Bonchev–Trinajstić information content (AvgIpc) is 2.06. The van der Waals surface area contributed by atoms with Crippen molar-refractivity contribution >= 4 is 6.98 Å². The molecule has 1 aromatic rings.